The van der Waals surface area contributed by atoms with Gasteiger partial charge in [-0.1, -0.05) is 60.7 Å². The first kappa shape index (κ1) is 17.7. The number of halogens is 1. The highest BCUT2D eigenvalue weighted by atomic mass is 19.1. The first-order valence-corrected chi connectivity index (χ1v) is 8.29. The molecule has 4 nitrogen and oxygen atoms in total. The van der Waals surface area contributed by atoms with Crippen LogP contribution >= 0.6 is 0 Å². The average Bonchev–Trinajstić information content (AvgIpc) is 2.65. The molecule has 1 aliphatic rings. The van der Waals surface area contributed by atoms with E-state index in [9.17, 15) is 9.18 Å². The molecule has 0 aliphatic carbocycles. The molecule has 3 rings (SSSR count). The van der Waals surface area contributed by atoms with Gasteiger partial charge in [0, 0.05) is 0 Å². The van der Waals surface area contributed by atoms with E-state index in [0.717, 1.165) is 11.1 Å². The van der Waals surface area contributed by atoms with Gasteiger partial charge >= 0.3 is 0 Å². The van der Waals surface area contributed by atoms with Gasteiger partial charge in [0.1, 0.15) is 6.10 Å². The number of Topliss-reactive ketones (excluding diaryl/α,β-unsaturated/α-hetero) is 1. The Bertz CT molecular complexity index is 677. The minimum Gasteiger partial charge on any atom is -0.362 e. The van der Waals surface area contributed by atoms with Crippen LogP contribution in [0.3, 0.4) is 0 Å². The third-order valence-electron chi connectivity index (χ3n) is 4.10. The van der Waals surface area contributed by atoms with Gasteiger partial charge in [0.15, 0.2) is 24.3 Å². The molecule has 0 amide bonds. The van der Waals surface area contributed by atoms with E-state index in [1.165, 1.54) is 0 Å². The predicted molar refractivity (Wildman–Crippen MR) is 90.5 cm³/mol. The molecule has 4 unspecified atom stereocenters. The van der Waals surface area contributed by atoms with Crippen molar-refractivity contribution in [2.24, 2.45) is 0 Å². The molecule has 1 aliphatic heterocycles. The van der Waals surface area contributed by atoms with Crippen molar-refractivity contribution >= 4 is 5.78 Å². The summed E-state index contributed by atoms with van der Waals surface area (Å²) in [7, 11) is 0. The van der Waals surface area contributed by atoms with Gasteiger partial charge in [0.05, 0.1) is 13.2 Å². The summed E-state index contributed by atoms with van der Waals surface area (Å²) in [6.07, 6.45) is -4.76. The average molecular weight is 344 g/mol. The smallest absolute Gasteiger partial charge is 0.193 e. The second-order valence-electron chi connectivity index (χ2n) is 6.01. The molecule has 0 radical (unpaired) electrons. The number of hydrogen-bond donors (Lipinski definition) is 0. The molecule has 0 saturated carbocycles. The van der Waals surface area contributed by atoms with E-state index in [0.29, 0.717) is 0 Å². The van der Waals surface area contributed by atoms with E-state index in [4.69, 9.17) is 14.2 Å². The van der Waals surface area contributed by atoms with Crippen molar-refractivity contribution in [1.82, 2.24) is 0 Å². The van der Waals surface area contributed by atoms with Crippen molar-refractivity contribution in [3.05, 3.63) is 71.8 Å². The van der Waals surface area contributed by atoms with Crippen LogP contribution in [0.1, 0.15) is 18.1 Å². The molecule has 2 aromatic carbocycles. The zero-order valence-corrected chi connectivity index (χ0v) is 14.0. The van der Waals surface area contributed by atoms with Gasteiger partial charge in [-0.05, 0) is 18.1 Å². The van der Waals surface area contributed by atoms with Gasteiger partial charge in [-0.15, -0.1) is 0 Å². The second kappa shape index (κ2) is 8.34. The van der Waals surface area contributed by atoms with E-state index in [1.54, 1.807) is 6.92 Å². The number of ketones is 1. The quantitative estimate of drug-likeness (QED) is 0.805. The summed E-state index contributed by atoms with van der Waals surface area (Å²) in [6.45, 7) is 1.96. The lowest BCUT2D eigenvalue weighted by Crippen LogP contribution is -2.54. The maximum Gasteiger partial charge on any atom is 0.193 e. The van der Waals surface area contributed by atoms with Crippen molar-refractivity contribution in [2.45, 2.75) is 44.8 Å². The monoisotopic (exact) mass is 344 g/mol. The third kappa shape index (κ3) is 4.51. The molecule has 0 N–H and O–H groups in total. The van der Waals surface area contributed by atoms with Crippen LogP contribution in [0, 0.1) is 0 Å². The number of benzene rings is 2. The lowest BCUT2D eigenvalue weighted by atomic mass is 10.0. The maximum atomic E-state index is 14.7. The molecule has 1 saturated heterocycles. The Hall–Kier alpha value is -2.08. The van der Waals surface area contributed by atoms with Gasteiger partial charge in [0.2, 0.25) is 0 Å². The maximum absolute atomic E-state index is 14.7. The molecule has 2 aromatic rings. The molecule has 25 heavy (non-hydrogen) atoms. The zero-order chi connectivity index (χ0) is 17.6. The van der Waals surface area contributed by atoms with Gasteiger partial charge in [-0.25, -0.2) is 4.39 Å². The van der Waals surface area contributed by atoms with Crippen molar-refractivity contribution in [1.29, 1.82) is 0 Å². The van der Waals surface area contributed by atoms with Gasteiger partial charge in [-0.3, -0.25) is 4.79 Å². The summed E-state index contributed by atoms with van der Waals surface area (Å²) in [5, 5.41) is 0. The zero-order valence-electron chi connectivity index (χ0n) is 14.0. The van der Waals surface area contributed by atoms with E-state index >= 15 is 0 Å². The predicted octanol–water partition coefficient (Wildman–Crippen LogP) is 3.44. The number of rotatable bonds is 6. The summed E-state index contributed by atoms with van der Waals surface area (Å²) >= 11 is 0. The van der Waals surface area contributed by atoms with Crippen molar-refractivity contribution in [3.63, 3.8) is 0 Å². The van der Waals surface area contributed by atoms with E-state index in [-0.39, 0.29) is 13.2 Å². The number of carbonyl (C=O) groups is 1. The summed E-state index contributed by atoms with van der Waals surface area (Å²) < 4.78 is 31.2. The standard InChI is InChI=1S/C20H21FO4/c1-14-18(22)19(23-12-15-8-4-2-5-9-15)17(21)20(25-14)24-13-16-10-6-3-7-11-16/h2-11,14,17,19-20H,12-13H2,1H3. The number of carbonyl (C=O) groups excluding carboxylic acids is 1. The molecule has 132 valence electrons. The van der Waals surface area contributed by atoms with Crippen LogP contribution in [0.25, 0.3) is 0 Å². The highest BCUT2D eigenvalue weighted by Gasteiger charge is 2.45. The molecule has 0 aromatic heterocycles. The fourth-order valence-corrected chi connectivity index (χ4v) is 2.69. The lowest BCUT2D eigenvalue weighted by molar-refractivity contribution is -0.246. The summed E-state index contributed by atoms with van der Waals surface area (Å²) in [5.74, 6) is -0.400. The van der Waals surface area contributed by atoms with E-state index < -0.39 is 30.5 Å². The minimum atomic E-state index is -1.67. The number of alkyl halides is 1. The molecule has 0 spiro atoms. The normalized spacial score (nSPS) is 26.6. The minimum absolute atomic E-state index is 0.162. The molecule has 1 heterocycles. The second-order valence-corrected chi connectivity index (χ2v) is 6.01. The highest BCUT2D eigenvalue weighted by Crippen LogP contribution is 2.25. The van der Waals surface area contributed by atoms with Crippen LogP contribution in [-0.2, 0) is 32.2 Å². The number of hydrogen-bond acceptors (Lipinski definition) is 4. The Labute approximate surface area is 146 Å². The SMILES string of the molecule is CC1OC(OCc2ccccc2)C(F)C(OCc2ccccc2)C1=O. The van der Waals surface area contributed by atoms with E-state index in [1.807, 2.05) is 60.7 Å². The highest BCUT2D eigenvalue weighted by molar-refractivity contribution is 5.88. The summed E-state index contributed by atoms with van der Waals surface area (Å²) in [6, 6.07) is 18.8. The Morgan fingerprint density at radius 3 is 2.00 bits per heavy atom. The topological polar surface area (TPSA) is 44.8 Å². The Morgan fingerprint density at radius 2 is 1.44 bits per heavy atom. The van der Waals surface area contributed by atoms with Crippen molar-refractivity contribution in [3.8, 4) is 0 Å². The Kier molecular flexibility index (Phi) is 5.91. The van der Waals surface area contributed by atoms with Crippen molar-refractivity contribution in [2.75, 3.05) is 0 Å². The molecule has 4 atom stereocenters. The van der Waals surface area contributed by atoms with Crippen LogP contribution in [-0.4, -0.2) is 30.5 Å². The molecular weight excluding hydrogens is 323 g/mol. The van der Waals surface area contributed by atoms with Gasteiger partial charge in [0.25, 0.3) is 0 Å². The first-order valence-electron chi connectivity index (χ1n) is 8.29. The first-order chi connectivity index (χ1) is 12.1. The van der Waals surface area contributed by atoms with Crippen molar-refractivity contribution < 1.29 is 23.4 Å². The van der Waals surface area contributed by atoms with Crippen LogP contribution in [0.5, 0.6) is 0 Å². The fraction of sp³-hybridized carbons (Fsp3) is 0.350. The van der Waals surface area contributed by atoms with Gasteiger partial charge in [-0.2, -0.15) is 0 Å². The van der Waals surface area contributed by atoms with Crippen LogP contribution in [0.2, 0.25) is 0 Å². The third-order valence-corrected chi connectivity index (χ3v) is 4.10. The largest absolute Gasteiger partial charge is 0.362 e. The summed E-state index contributed by atoms with van der Waals surface area (Å²) in [4.78, 5) is 12.2. The number of ether oxygens (including phenoxy) is 3. The molecule has 1 fully saturated rings. The van der Waals surface area contributed by atoms with Crippen LogP contribution in [0.4, 0.5) is 4.39 Å². The molecule has 5 heteroatoms. The van der Waals surface area contributed by atoms with E-state index in [2.05, 4.69) is 0 Å². The Morgan fingerprint density at radius 1 is 0.920 bits per heavy atom. The fourth-order valence-electron chi connectivity index (χ4n) is 2.69. The Balaban J connectivity index is 1.62. The molecular formula is C20H21FO4. The summed E-state index contributed by atoms with van der Waals surface area (Å²) in [5.41, 5.74) is 1.79. The van der Waals surface area contributed by atoms with Crippen LogP contribution < -0.4 is 0 Å². The van der Waals surface area contributed by atoms with Crippen LogP contribution in [0.15, 0.2) is 60.7 Å². The lowest BCUT2D eigenvalue weighted by Gasteiger charge is -2.35. The van der Waals surface area contributed by atoms with Gasteiger partial charge < -0.3 is 14.2 Å². The molecule has 0 bridgehead atoms.